The molecule has 0 spiro atoms. The molecule has 4 nitrogen and oxygen atoms in total. The zero-order chi connectivity index (χ0) is 14.7. The number of carbonyl (C=O) groups is 1. The van der Waals surface area contributed by atoms with Crippen LogP contribution in [0.2, 0.25) is 0 Å². The van der Waals surface area contributed by atoms with Crippen LogP contribution in [0, 0.1) is 0 Å². The van der Waals surface area contributed by atoms with Gasteiger partial charge in [0.05, 0.1) is 12.7 Å². The maximum absolute atomic E-state index is 12.3. The van der Waals surface area contributed by atoms with Crippen molar-refractivity contribution < 1.29 is 9.32 Å². The Morgan fingerprint density at radius 3 is 2.95 bits per heavy atom. The number of aromatic nitrogens is 1. The van der Waals surface area contributed by atoms with Crippen LogP contribution in [0.1, 0.15) is 23.3 Å². The summed E-state index contributed by atoms with van der Waals surface area (Å²) < 4.78 is 5.15. The van der Waals surface area contributed by atoms with Crippen LogP contribution in [0.4, 0.5) is 0 Å². The highest BCUT2D eigenvalue weighted by atomic mass is 32.2. The summed E-state index contributed by atoms with van der Waals surface area (Å²) in [5.74, 6) is 1.13. The molecule has 5 heteroatoms. The van der Waals surface area contributed by atoms with Gasteiger partial charge in [-0.3, -0.25) is 4.79 Å². The Bertz CT molecular complexity index is 621. The largest absolute Gasteiger partial charge is 0.361 e. The van der Waals surface area contributed by atoms with Crippen molar-refractivity contribution in [3.63, 3.8) is 0 Å². The van der Waals surface area contributed by atoms with E-state index in [0.29, 0.717) is 13.0 Å². The standard InChI is InChI=1S/C16H18N2O2S/c1-21-14-5-2-12(3-6-14)4-7-16(19)18-9-8-15-13(11-18)10-17-20-15/h2-3,5-6,10H,4,7-9,11H2,1H3. The summed E-state index contributed by atoms with van der Waals surface area (Å²) >= 11 is 1.73. The van der Waals surface area contributed by atoms with Gasteiger partial charge in [-0.05, 0) is 30.4 Å². The molecule has 1 amide bonds. The first-order valence-electron chi connectivity index (χ1n) is 7.09. The molecule has 0 fully saturated rings. The van der Waals surface area contributed by atoms with Crippen LogP contribution >= 0.6 is 11.8 Å². The molecule has 3 rings (SSSR count). The first kappa shape index (κ1) is 14.2. The number of hydrogen-bond donors (Lipinski definition) is 0. The van der Waals surface area contributed by atoms with Gasteiger partial charge in [-0.1, -0.05) is 17.3 Å². The number of fused-ring (bicyclic) bond motifs is 1. The second-order valence-corrected chi connectivity index (χ2v) is 6.07. The van der Waals surface area contributed by atoms with Gasteiger partial charge in [0.15, 0.2) is 0 Å². The Hall–Kier alpha value is -1.75. The molecule has 0 atom stereocenters. The molecule has 0 bridgehead atoms. The van der Waals surface area contributed by atoms with Crippen LogP contribution < -0.4 is 0 Å². The lowest BCUT2D eigenvalue weighted by molar-refractivity contribution is -0.132. The van der Waals surface area contributed by atoms with Gasteiger partial charge < -0.3 is 9.42 Å². The van der Waals surface area contributed by atoms with E-state index >= 15 is 0 Å². The molecule has 0 saturated heterocycles. The molecule has 0 N–H and O–H groups in total. The van der Waals surface area contributed by atoms with Gasteiger partial charge in [-0.2, -0.15) is 0 Å². The van der Waals surface area contributed by atoms with Gasteiger partial charge in [0, 0.05) is 29.8 Å². The summed E-state index contributed by atoms with van der Waals surface area (Å²) in [4.78, 5) is 15.4. The lowest BCUT2D eigenvalue weighted by Gasteiger charge is -2.25. The predicted octanol–water partition coefficient (Wildman–Crippen LogP) is 2.91. The zero-order valence-electron chi connectivity index (χ0n) is 12.0. The summed E-state index contributed by atoms with van der Waals surface area (Å²) in [5, 5.41) is 3.79. The van der Waals surface area contributed by atoms with Crippen LogP contribution in [0.15, 0.2) is 39.9 Å². The molecule has 0 radical (unpaired) electrons. The molecular weight excluding hydrogens is 284 g/mol. The maximum Gasteiger partial charge on any atom is 0.223 e. The highest BCUT2D eigenvalue weighted by molar-refractivity contribution is 7.98. The molecular formula is C16H18N2O2S. The molecule has 2 heterocycles. The number of hydrogen-bond acceptors (Lipinski definition) is 4. The van der Waals surface area contributed by atoms with E-state index < -0.39 is 0 Å². The minimum Gasteiger partial charge on any atom is -0.361 e. The maximum atomic E-state index is 12.3. The number of benzene rings is 1. The number of amides is 1. The molecule has 21 heavy (non-hydrogen) atoms. The first-order valence-corrected chi connectivity index (χ1v) is 8.32. The van der Waals surface area contributed by atoms with E-state index in [2.05, 4.69) is 35.7 Å². The van der Waals surface area contributed by atoms with E-state index in [1.165, 1.54) is 10.5 Å². The van der Waals surface area contributed by atoms with Crippen molar-refractivity contribution in [3.8, 4) is 0 Å². The van der Waals surface area contributed by atoms with Crippen LogP contribution in [0.5, 0.6) is 0 Å². The minimum atomic E-state index is 0.204. The highest BCUT2D eigenvalue weighted by Crippen LogP contribution is 2.20. The number of rotatable bonds is 4. The molecule has 1 aliphatic heterocycles. The molecule has 0 saturated carbocycles. The highest BCUT2D eigenvalue weighted by Gasteiger charge is 2.23. The Morgan fingerprint density at radius 1 is 1.38 bits per heavy atom. The van der Waals surface area contributed by atoms with Gasteiger partial charge in [0.2, 0.25) is 5.91 Å². The number of carbonyl (C=O) groups excluding carboxylic acids is 1. The van der Waals surface area contributed by atoms with Gasteiger partial charge in [-0.25, -0.2) is 0 Å². The molecule has 1 aromatic carbocycles. The summed E-state index contributed by atoms with van der Waals surface area (Å²) in [6.07, 6.45) is 5.90. The number of aryl methyl sites for hydroxylation is 1. The summed E-state index contributed by atoms with van der Waals surface area (Å²) in [6.45, 7) is 1.36. The third kappa shape index (κ3) is 3.29. The van der Waals surface area contributed by atoms with Gasteiger partial charge >= 0.3 is 0 Å². The predicted molar refractivity (Wildman–Crippen MR) is 82.2 cm³/mol. The van der Waals surface area contributed by atoms with E-state index in [1.54, 1.807) is 18.0 Å². The second kappa shape index (κ2) is 6.35. The van der Waals surface area contributed by atoms with Crippen molar-refractivity contribution in [1.29, 1.82) is 0 Å². The fourth-order valence-electron chi connectivity index (χ4n) is 2.56. The quantitative estimate of drug-likeness (QED) is 0.815. The Morgan fingerprint density at radius 2 is 2.19 bits per heavy atom. The van der Waals surface area contributed by atoms with Crippen LogP contribution in [0.3, 0.4) is 0 Å². The third-order valence-corrected chi connectivity index (χ3v) is 4.58. The van der Waals surface area contributed by atoms with E-state index in [-0.39, 0.29) is 5.91 Å². The van der Waals surface area contributed by atoms with Crippen molar-refractivity contribution in [1.82, 2.24) is 10.1 Å². The normalized spacial score (nSPS) is 14.0. The minimum absolute atomic E-state index is 0.204. The number of nitrogens with zero attached hydrogens (tertiary/aromatic N) is 2. The average Bonchev–Trinajstić information content (AvgIpc) is 3.00. The fraction of sp³-hybridized carbons (Fsp3) is 0.375. The zero-order valence-corrected chi connectivity index (χ0v) is 12.9. The summed E-state index contributed by atoms with van der Waals surface area (Å²) in [6, 6.07) is 8.42. The molecule has 1 aromatic heterocycles. The smallest absolute Gasteiger partial charge is 0.223 e. The molecule has 2 aromatic rings. The van der Waals surface area contributed by atoms with Crippen LogP contribution in [-0.4, -0.2) is 28.8 Å². The molecule has 0 unspecified atom stereocenters. The molecule has 0 aliphatic carbocycles. The van der Waals surface area contributed by atoms with Crippen molar-refractivity contribution in [2.24, 2.45) is 0 Å². The topological polar surface area (TPSA) is 46.3 Å². The van der Waals surface area contributed by atoms with Gasteiger partial charge in [0.1, 0.15) is 5.76 Å². The lowest BCUT2D eigenvalue weighted by Crippen LogP contribution is -2.35. The summed E-state index contributed by atoms with van der Waals surface area (Å²) in [7, 11) is 0. The fourth-order valence-corrected chi connectivity index (χ4v) is 2.96. The van der Waals surface area contributed by atoms with Gasteiger partial charge in [0.25, 0.3) is 0 Å². The van der Waals surface area contributed by atoms with Crippen molar-refractivity contribution >= 4 is 17.7 Å². The van der Waals surface area contributed by atoms with Crippen molar-refractivity contribution in [3.05, 3.63) is 47.3 Å². The Balaban J connectivity index is 1.54. The molecule has 1 aliphatic rings. The SMILES string of the molecule is CSc1ccc(CCC(=O)N2CCc3oncc3C2)cc1. The Kier molecular flexibility index (Phi) is 4.29. The van der Waals surface area contributed by atoms with E-state index in [4.69, 9.17) is 4.52 Å². The molecule has 110 valence electrons. The van der Waals surface area contributed by atoms with Crippen molar-refractivity contribution in [2.75, 3.05) is 12.8 Å². The van der Waals surface area contributed by atoms with E-state index in [0.717, 1.165) is 30.7 Å². The lowest BCUT2D eigenvalue weighted by atomic mass is 10.1. The van der Waals surface area contributed by atoms with E-state index in [1.807, 2.05) is 4.90 Å². The first-order chi connectivity index (χ1) is 10.3. The monoisotopic (exact) mass is 302 g/mol. The van der Waals surface area contributed by atoms with Crippen molar-refractivity contribution in [2.45, 2.75) is 30.7 Å². The number of thioether (sulfide) groups is 1. The van der Waals surface area contributed by atoms with Crippen LogP contribution in [-0.2, 0) is 24.2 Å². The van der Waals surface area contributed by atoms with Crippen LogP contribution in [0.25, 0.3) is 0 Å². The van der Waals surface area contributed by atoms with Gasteiger partial charge in [-0.15, -0.1) is 11.8 Å². The Labute approximate surface area is 128 Å². The summed E-state index contributed by atoms with van der Waals surface area (Å²) in [5.41, 5.74) is 2.25. The van der Waals surface area contributed by atoms with E-state index in [9.17, 15) is 4.79 Å². The third-order valence-electron chi connectivity index (χ3n) is 3.84. The second-order valence-electron chi connectivity index (χ2n) is 5.19. The average molecular weight is 302 g/mol.